The summed E-state index contributed by atoms with van der Waals surface area (Å²) in [5, 5.41) is 3.55. The molecule has 1 aromatic heterocycles. The SMILES string of the molecule is CC1(c2ccc(F)c(F)c2)NC(=O)N(CC(=O)N2CCc3[nH]c4ccccc4c3C2)C1=O. The number of benzene rings is 2. The Hall–Kier alpha value is -3.75. The number of carbonyl (C=O) groups is 3. The number of hydrogen-bond donors (Lipinski definition) is 2. The molecule has 32 heavy (non-hydrogen) atoms. The van der Waals surface area contributed by atoms with Crippen LogP contribution in [0.4, 0.5) is 13.6 Å². The Labute approximate surface area is 182 Å². The van der Waals surface area contributed by atoms with E-state index in [0.717, 1.165) is 39.2 Å². The van der Waals surface area contributed by atoms with Crippen molar-refractivity contribution in [1.29, 1.82) is 0 Å². The first-order chi connectivity index (χ1) is 15.3. The van der Waals surface area contributed by atoms with E-state index in [1.807, 2.05) is 24.3 Å². The lowest BCUT2D eigenvalue weighted by atomic mass is 9.92. The van der Waals surface area contributed by atoms with Crippen molar-refractivity contribution in [2.45, 2.75) is 25.4 Å². The fraction of sp³-hybridized carbons (Fsp3) is 0.261. The standard InChI is InChI=1S/C23H20F2N4O3/c1-23(13-6-7-16(24)17(25)10-13)21(31)29(22(32)27-23)12-20(30)28-9-8-19-15(11-28)14-4-2-3-5-18(14)26-19/h2-7,10,26H,8-9,11-12H2,1H3,(H,27,32). The fourth-order valence-electron chi connectivity index (χ4n) is 4.46. The molecule has 1 unspecified atom stereocenters. The third-order valence-corrected chi connectivity index (χ3v) is 6.30. The second-order valence-electron chi connectivity index (χ2n) is 8.27. The molecular weight excluding hydrogens is 418 g/mol. The monoisotopic (exact) mass is 438 g/mol. The summed E-state index contributed by atoms with van der Waals surface area (Å²) < 4.78 is 27.0. The van der Waals surface area contributed by atoms with Gasteiger partial charge in [0.2, 0.25) is 5.91 Å². The summed E-state index contributed by atoms with van der Waals surface area (Å²) in [5.74, 6) is -3.23. The van der Waals surface area contributed by atoms with Crippen LogP contribution in [0.3, 0.4) is 0 Å². The molecule has 0 radical (unpaired) electrons. The summed E-state index contributed by atoms with van der Waals surface area (Å²) >= 11 is 0. The van der Waals surface area contributed by atoms with Crippen molar-refractivity contribution < 1.29 is 23.2 Å². The van der Waals surface area contributed by atoms with Gasteiger partial charge in [0.1, 0.15) is 12.1 Å². The smallest absolute Gasteiger partial charge is 0.325 e. The van der Waals surface area contributed by atoms with E-state index < -0.39 is 35.7 Å². The molecule has 1 fully saturated rings. The van der Waals surface area contributed by atoms with Crippen molar-refractivity contribution in [2.24, 2.45) is 0 Å². The number of fused-ring (bicyclic) bond motifs is 3. The zero-order valence-electron chi connectivity index (χ0n) is 17.2. The summed E-state index contributed by atoms with van der Waals surface area (Å²) in [4.78, 5) is 44.4. The molecule has 164 valence electrons. The molecule has 3 aromatic rings. The van der Waals surface area contributed by atoms with Crippen LogP contribution in [0.2, 0.25) is 0 Å². The van der Waals surface area contributed by atoms with Crippen molar-refractivity contribution in [2.75, 3.05) is 13.1 Å². The van der Waals surface area contributed by atoms with Crippen molar-refractivity contribution in [1.82, 2.24) is 20.1 Å². The Bertz CT molecular complexity index is 1290. The van der Waals surface area contributed by atoms with Crippen molar-refractivity contribution in [3.63, 3.8) is 0 Å². The summed E-state index contributed by atoms with van der Waals surface area (Å²) in [6, 6.07) is 10.1. The predicted molar refractivity (Wildman–Crippen MR) is 111 cm³/mol. The predicted octanol–water partition coefficient (Wildman–Crippen LogP) is 2.80. The second kappa shape index (κ2) is 7.15. The van der Waals surface area contributed by atoms with Gasteiger partial charge in [-0.1, -0.05) is 24.3 Å². The van der Waals surface area contributed by atoms with E-state index in [1.54, 1.807) is 4.90 Å². The molecule has 3 heterocycles. The summed E-state index contributed by atoms with van der Waals surface area (Å²) in [7, 11) is 0. The quantitative estimate of drug-likeness (QED) is 0.617. The molecule has 5 rings (SSSR count). The highest BCUT2D eigenvalue weighted by Gasteiger charge is 2.50. The number of para-hydroxylation sites is 1. The molecular formula is C23H20F2N4O3. The maximum absolute atomic E-state index is 13.7. The minimum absolute atomic E-state index is 0.103. The first kappa shape index (κ1) is 20.2. The van der Waals surface area contributed by atoms with Crippen molar-refractivity contribution in [3.05, 3.63) is 70.9 Å². The summed E-state index contributed by atoms with van der Waals surface area (Å²) in [6.07, 6.45) is 0.641. The van der Waals surface area contributed by atoms with Crippen LogP contribution >= 0.6 is 0 Å². The van der Waals surface area contributed by atoms with E-state index in [4.69, 9.17) is 0 Å². The minimum Gasteiger partial charge on any atom is -0.358 e. The fourth-order valence-corrected chi connectivity index (χ4v) is 4.46. The minimum atomic E-state index is -1.59. The molecule has 4 amide bonds. The molecule has 1 atom stereocenters. The van der Waals surface area contributed by atoms with Crippen molar-refractivity contribution in [3.8, 4) is 0 Å². The van der Waals surface area contributed by atoms with Gasteiger partial charge >= 0.3 is 6.03 Å². The van der Waals surface area contributed by atoms with Crippen LogP contribution in [0.15, 0.2) is 42.5 Å². The molecule has 0 aliphatic carbocycles. The Morgan fingerprint density at radius 2 is 1.91 bits per heavy atom. The van der Waals surface area contributed by atoms with Gasteiger partial charge in [0.25, 0.3) is 5.91 Å². The normalized spacial score (nSPS) is 20.6. The lowest BCUT2D eigenvalue weighted by molar-refractivity contribution is -0.139. The highest BCUT2D eigenvalue weighted by atomic mass is 19.2. The van der Waals surface area contributed by atoms with Crippen LogP contribution in [0.1, 0.15) is 23.7 Å². The number of hydrogen-bond acceptors (Lipinski definition) is 3. The number of carbonyl (C=O) groups excluding carboxylic acids is 3. The number of rotatable bonds is 3. The van der Waals surface area contributed by atoms with Crippen LogP contribution in [0.5, 0.6) is 0 Å². The number of halogens is 2. The highest BCUT2D eigenvalue weighted by Crippen LogP contribution is 2.31. The lowest BCUT2D eigenvalue weighted by Crippen LogP contribution is -2.45. The zero-order valence-corrected chi connectivity index (χ0v) is 17.2. The average Bonchev–Trinajstić information content (AvgIpc) is 3.25. The largest absolute Gasteiger partial charge is 0.358 e. The number of aromatic nitrogens is 1. The average molecular weight is 438 g/mol. The van der Waals surface area contributed by atoms with E-state index in [2.05, 4.69) is 10.3 Å². The van der Waals surface area contributed by atoms with Crippen LogP contribution in [0, 0.1) is 11.6 Å². The van der Waals surface area contributed by atoms with Gasteiger partial charge in [0.05, 0.1) is 0 Å². The summed E-state index contributed by atoms with van der Waals surface area (Å²) in [5.41, 5.74) is 1.63. The molecule has 0 spiro atoms. The Morgan fingerprint density at radius 3 is 2.69 bits per heavy atom. The number of nitrogens with one attached hydrogen (secondary N) is 2. The van der Waals surface area contributed by atoms with Gasteiger partial charge in [-0.3, -0.25) is 14.5 Å². The van der Waals surface area contributed by atoms with Gasteiger partial charge < -0.3 is 15.2 Å². The molecule has 0 saturated carbocycles. The van der Waals surface area contributed by atoms with Gasteiger partial charge in [-0.2, -0.15) is 0 Å². The first-order valence-corrected chi connectivity index (χ1v) is 10.2. The zero-order chi connectivity index (χ0) is 22.6. The molecule has 0 bridgehead atoms. The van der Waals surface area contributed by atoms with E-state index in [9.17, 15) is 23.2 Å². The van der Waals surface area contributed by atoms with Gasteiger partial charge in [0, 0.05) is 41.7 Å². The third kappa shape index (κ3) is 3.04. The van der Waals surface area contributed by atoms with Crippen LogP contribution in [-0.4, -0.2) is 45.7 Å². The highest BCUT2D eigenvalue weighted by molar-refractivity contribution is 6.09. The number of urea groups is 1. The van der Waals surface area contributed by atoms with Gasteiger partial charge in [0.15, 0.2) is 11.6 Å². The maximum Gasteiger partial charge on any atom is 0.325 e. The van der Waals surface area contributed by atoms with E-state index in [1.165, 1.54) is 13.0 Å². The maximum atomic E-state index is 13.7. The third-order valence-electron chi connectivity index (χ3n) is 6.30. The number of amides is 4. The van der Waals surface area contributed by atoms with Gasteiger partial charge in [-0.25, -0.2) is 13.6 Å². The molecule has 2 aliphatic rings. The first-order valence-electron chi connectivity index (χ1n) is 10.2. The van der Waals surface area contributed by atoms with E-state index >= 15 is 0 Å². The lowest BCUT2D eigenvalue weighted by Gasteiger charge is -2.29. The molecule has 2 aliphatic heterocycles. The summed E-state index contributed by atoms with van der Waals surface area (Å²) in [6.45, 7) is 1.82. The van der Waals surface area contributed by atoms with Gasteiger partial charge in [-0.15, -0.1) is 0 Å². The van der Waals surface area contributed by atoms with Crippen molar-refractivity contribution >= 4 is 28.7 Å². The Balaban J connectivity index is 1.35. The topological polar surface area (TPSA) is 85.5 Å². The molecule has 9 heteroatoms. The Morgan fingerprint density at radius 1 is 1.12 bits per heavy atom. The molecule has 2 N–H and O–H groups in total. The van der Waals surface area contributed by atoms with Crippen LogP contribution < -0.4 is 5.32 Å². The second-order valence-corrected chi connectivity index (χ2v) is 8.27. The van der Waals surface area contributed by atoms with Gasteiger partial charge in [-0.05, 0) is 30.7 Å². The van der Waals surface area contributed by atoms with Crippen LogP contribution in [0.25, 0.3) is 10.9 Å². The number of imide groups is 1. The number of aromatic amines is 1. The number of H-pyrrole nitrogens is 1. The molecule has 7 nitrogen and oxygen atoms in total. The number of nitrogens with zero attached hydrogens (tertiary/aromatic N) is 2. The van der Waals surface area contributed by atoms with E-state index in [0.29, 0.717) is 19.5 Å². The van der Waals surface area contributed by atoms with Crippen LogP contribution in [-0.2, 0) is 28.1 Å². The molecule has 1 saturated heterocycles. The van der Waals surface area contributed by atoms with E-state index in [-0.39, 0.29) is 11.5 Å². The molecule has 2 aromatic carbocycles. The Kier molecular flexibility index (Phi) is 4.51.